The summed E-state index contributed by atoms with van der Waals surface area (Å²) in [5.74, 6) is 0. The molecule has 6 heteroatoms. The molecule has 1 N–H and O–H groups in total. The van der Waals surface area contributed by atoms with Crippen molar-refractivity contribution in [1.29, 1.82) is 0 Å². The monoisotopic (exact) mass is 132 g/mol. The van der Waals surface area contributed by atoms with Gasteiger partial charge in [0.05, 0.1) is 0 Å². The minimum absolute atomic E-state index is 1.38. The molecule has 0 spiro atoms. The van der Waals surface area contributed by atoms with Gasteiger partial charge in [0.15, 0.2) is 6.35 Å². The average Bonchev–Trinajstić information content (AvgIpc) is 1.30. The first-order valence-electron chi connectivity index (χ1n) is 1.31. The third-order valence-corrected chi connectivity index (χ3v) is 0.624. The van der Waals surface area contributed by atoms with Crippen molar-refractivity contribution in [2.45, 2.75) is 0 Å². The maximum Gasteiger partial charge on any atom is 0.393 e. The fraction of sp³-hybridized carbons (Fsp3) is 1.00. The molecule has 7 heavy (non-hydrogen) atoms. The molecule has 0 aromatic carbocycles. The van der Waals surface area contributed by atoms with Crippen LogP contribution in [0.5, 0.6) is 0 Å². The van der Waals surface area contributed by atoms with Crippen LogP contribution in [0.1, 0.15) is 0 Å². The number of halogens is 2. The third-order valence-electron chi connectivity index (χ3n) is 0.208. The van der Waals surface area contributed by atoms with Gasteiger partial charge in [0.25, 0.3) is 0 Å². The van der Waals surface area contributed by atoms with Gasteiger partial charge < -0.3 is 4.89 Å². The van der Waals surface area contributed by atoms with Gasteiger partial charge in [-0.15, -0.1) is 0 Å². The van der Waals surface area contributed by atoms with Crippen LogP contribution in [0.2, 0.25) is 0 Å². The molecule has 3 nitrogen and oxygen atoms in total. The highest BCUT2D eigenvalue weighted by atomic mass is 31.2. The molecule has 0 saturated carbocycles. The molecule has 0 rings (SSSR count). The summed E-state index contributed by atoms with van der Waals surface area (Å²) in [5, 5.41) is 0. The zero-order valence-electron chi connectivity index (χ0n) is 3.17. The van der Waals surface area contributed by atoms with Gasteiger partial charge in [-0.05, 0) is 4.53 Å². The predicted octanol–water partition coefficient (Wildman–Crippen LogP) is 1.000. The van der Waals surface area contributed by atoms with E-state index in [0.29, 0.717) is 0 Å². The van der Waals surface area contributed by atoms with Crippen LogP contribution in [0.15, 0.2) is 0 Å². The summed E-state index contributed by atoms with van der Waals surface area (Å²) in [4.78, 5) is 10.1. The molecular weight excluding hydrogens is 129 g/mol. The van der Waals surface area contributed by atoms with Gasteiger partial charge in [-0.1, -0.05) is 0 Å². The van der Waals surface area contributed by atoms with Crippen LogP contribution in [0.25, 0.3) is 0 Å². The maximum absolute atomic E-state index is 11.1. The number of hydrogen-bond acceptors (Lipinski definition) is 2. The molecule has 0 saturated heterocycles. The van der Waals surface area contributed by atoms with Crippen molar-refractivity contribution in [1.82, 2.24) is 0 Å². The first-order chi connectivity index (χ1) is 3.06. The van der Waals surface area contributed by atoms with Crippen molar-refractivity contribution < 1.29 is 23.1 Å². The first kappa shape index (κ1) is 7.01. The lowest BCUT2D eigenvalue weighted by atomic mass is 11.7. The van der Waals surface area contributed by atoms with Crippen LogP contribution in [-0.2, 0) is 9.51 Å². The Morgan fingerprint density at radius 3 is 2.29 bits per heavy atom. The maximum atomic E-state index is 11.1. The van der Waals surface area contributed by atoms with E-state index in [0.717, 1.165) is 0 Å². The molecule has 0 radical (unpaired) electrons. The predicted molar refractivity (Wildman–Crippen MR) is 18.0 cm³/mol. The second-order valence-corrected chi connectivity index (χ2v) is 2.35. The summed E-state index contributed by atoms with van der Waals surface area (Å²) >= 11 is 0. The second-order valence-electron chi connectivity index (χ2n) is 0.855. The van der Waals surface area contributed by atoms with Crippen molar-refractivity contribution in [3.63, 3.8) is 0 Å². The van der Waals surface area contributed by atoms with Crippen molar-refractivity contribution in [3.05, 3.63) is 0 Å². The summed E-state index contributed by atoms with van der Waals surface area (Å²) in [7, 11) is -4.76. The van der Waals surface area contributed by atoms with Crippen LogP contribution < -0.4 is 0 Å². The Morgan fingerprint density at radius 1 is 1.86 bits per heavy atom. The molecule has 1 unspecified atom stereocenters. The standard InChI is InChI=1S/CH3F2O3P/c2-6-1-7(3,4)5/h1H2,(H,4,5). The number of hydrogen-bond donors (Lipinski definition) is 1. The van der Waals surface area contributed by atoms with E-state index in [2.05, 4.69) is 4.94 Å². The van der Waals surface area contributed by atoms with Crippen molar-refractivity contribution >= 4 is 7.68 Å². The van der Waals surface area contributed by atoms with Crippen LogP contribution >= 0.6 is 7.68 Å². The van der Waals surface area contributed by atoms with Crippen LogP contribution in [-0.4, -0.2) is 11.2 Å². The zero-order valence-corrected chi connectivity index (χ0v) is 4.07. The van der Waals surface area contributed by atoms with Crippen molar-refractivity contribution in [2.75, 3.05) is 6.35 Å². The van der Waals surface area contributed by atoms with E-state index in [9.17, 15) is 13.3 Å². The summed E-state index contributed by atoms with van der Waals surface area (Å²) in [6.45, 7) is 0. The molecule has 0 heterocycles. The molecular formula is CH3F2O3P. The first-order valence-corrected chi connectivity index (χ1v) is 3.05. The fourth-order valence-corrected chi connectivity index (χ4v) is 0.181. The molecule has 0 fully saturated rings. The van der Waals surface area contributed by atoms with Gasteiger partial charge in [-0.2, -0.15) is 9.14 Å². The molecule has 0 aliphatic heterocycles. The fourth-order valence-electron chi connectivity index (χ4n) is 0.0602. The lowest BCUT2D eigenvalue weighted by molar-refractivity contribution is -0.112. The summed E-state index contributed by atoms with van der Waals surface area (Å²) in [6, 6.07) is 0. The van der Waals surface area contributed by atoms with Crippen LogP contribution in [0.3, 0.4) is 0 Å². The Morgan fingerprint density at radius 2 is 2.29 bits per heavy atom. The minimum atomic E-state index is -4.76. The molecule has 0 aromatic heterocycles. The molecule has 0 bridgehead atoms. The normalized spacial score (nSPS) is 18.7. The van der Waals surface area contributed by atoms with Gasteiger partial charge >= 0.3 is 7.68 Å². The van der Waals surface area contributed by atoms with Crippen LogP contribution in [0.4, 0.5) is 8.72 Å². The van der Waals surface area contributed by atoms with E-state index in [1.54, 1.807) is 0 Å². The topological polar surface area (TPSA) is 46.5 Å². The lowest BCUT2D eigenvalue weighted by Crippen LogP contribution is -1.79. The summed E-state index contributed by atoms with van der Waals surface area (Å²) in [5.41, 5.74) is 0. The smallest absolute Gasteiger partial charge is 0.320 e. The molecule has 0 aliphatic carbocycles. The Balaban J connectivity index is 3.36. The number of rotatable bonds is 2. The Hall–Kier alpha value is 0.01000. The molecule has 44 valence electrons. The zero-order chi connectivity index (χ0) is 5.91. The van der Waals surface area contributed by atoms with E-state index in [1.807, 2.05) is 0 Å². The minimum Gasteiger partial charge on any atom is -0.320 e. The summed E-state index contributed by atoms with van der Waals surface area (Å²) in [6.07, 6.45) is -1.38. The van der Waals surface area contributed by atoms with E-state index in [1.165, 1.54) is 0 Å². The largest absolute Gasteiger partial charge is 0.393 e. The second kappa shape index (κ2) is 2.35. The quantitative estimate of drug-likeness (QED) is 0.570. The van der Waals surface area contributed by atoms with Gasteiger partial charge in [0.1, 0.15) is 0 Å². The van der Waals surface area contributed by atoms with Crippen LogP contribution in [0, 0.1) is 0 Å². The van der Waals surface area contributed by atoms with Crippen molar-refractivity contribution in [2.24, 2.45) is 0 Å². The average molecular weight is 132 g/mol. The van der Waals surface area contributed by atoms with E-state index in [-0.39, 0.29) is 0 Å². The van der Waals surface area contributed by atoms with Gasteiger partial charge in [-0.3, -0.25) is 4.57 Å². The van der Waals surface area contributed by atoms with E-state index >= 15 is 0 Å². The molecule has 1 atom stereocenters. The Bertz CT molecular complexity index is 86.9. The highest BCUT2D eigenvalue weighted by Crippen LogP contribution is 2.41. The Kier molecular flexibility index (Phi) is 2.35. The van der Waals surface area contributed by atoms with Gasteiger partial charge in [-0.25, -0.2) is 0 Å². The molecule has 0 aromatic rings. The van der Waals surface area contributed by atoms with Gasteiger partial charge in [0, 0.05) is 0 Å². The lowest BCUT2D eigenvalue weighted by Gasteiger charge is -1.90. The third kappa shape index (κ3) is 6.01. The van der Waals surface area contributed by atoms with Crippen molar-refractivity contribution in [3.8, 4) is 0 Å². The van der Waals surface area contributed by atoms with Gasteiger partial charge in [0.2, 0.25) is 0 Å². The SMILES string of the molecule is O=P(O)(F)COF. The summed E-state index contributed by atoms with van der Waals surface area (Å²) < 4.78 is 30.9. The molecule has 0 aliphatic rings. The van der Waals surface area contributed by atoms with E-state index in [4.69, 9.17) is 4.89 Å². The van der Waals surface area contributed by atoms with E-state index < -0.39 is 14.0 Å². The molecule has 0 amide bonds. The highest BCUT2D eigenvalue weighted by Gasteiger charge is 2.15. The highest BCUT2D eigenvalue weighted by molar-refractivity contribution is 7.52. The Labute approximate surface area is 38.4 Å².